The maximum atomic E-state index is 13.2. The number of nitrogens with zero attached hydrogens (tertiary/aromatic N) is 2. The zero-order valence-corrected chi connectivity index (χ0v) is 17.7. The van der Waals surface area contributed by atoms with E-state index in [1.165, 1.54) is 0 Å². The largest absolute Gasteiger partial charge is 0.444 e. The quantitative estimate of drug-likeness (QED) is 0.759. The van der Waals surface area contributed by atoms with Gasteiger partial charge in [0.15, 0.2) is 0 Å². The summed E-state index contributed by atoms with van der Waals surface area (Å²) in [6, 6.07) is 10.2. The number of rotatable bonds is 5. The zero-order chi connectivity index (χ0) is 20.3. The van der Waals surface area contributed by atoms with Crippen LogP contribution < -0.4 is 0 Å². The van der Waals surface area contributed by atoms with Gasteiger partial charge in [0.05, 0.1) is 5.92 Å². The molecular weight excluding hydrogens is 352 g/mol. The van der Waals surface area contributed by atoms with Crippen LogP contribution in [-0.2, 0) is 9.53 Å². The van der Waals surface area contributed by atoms with Gasteiger partial charge in [0.25, 0.3) is 0 Å². The SMILES string of the molecule is CN(CC1CCN(C(=O)OC(C)(C)C)CC1)C(=O)C(c1ccccc1)C1CC1. The standard InChI is InChI=1S/C23H34N2O3/c1-23(2,3)28-22(27)25-14-12-17(13-15-25)16-24(4)21(26)20(19-10-11-19)18-8-6-5-7-9-18/h5-9,17,19-20H,10-16H2,1-4H3. The van der Waals surface area contributed by atoms with Crippen molar-refractivity contribution in [3.05, 3.63) is 35.9 Å². The number of carbonyl (C=O) groups is 2. The highest BCUT2D eigenvalue weighted by Gasteiger charge is 2.39. The van der Waals surface area contributed by atoms with E-state index in [9.17, 15) is 9.59 Å². The van der Waals surface area contributed by atoms with Crippen molar-refractivity contribution in [1.29, 1.82) is 0 Å². The third kappa shape index (κ3) is 5.49. The molecule has 2 fully saturated rings. The van der Waals surface area contributed by atoms with Crippen LogP contribution in [0.2, 0.25) is 0 Å². The van der Waals surface area contributed by atoms with Crippen molar-refractivity contribution in [2.45, 2.75) is 58.0 Å². The predicted octanol–water partition coefficient (Wildman–Crippen LogP) is 4.29. The first-order valence-electron chi connectivity index (χ1n) is 10.5. The molecule has 1 aromatic carbocycles. The van der Waals surface area contributed by atoms with Gasteiger partial charge in [-0.2, -0.15) is 0 Å². The van der Waals surface area contributed by atoms with Crippen LogP contribution in [0.4, 0.5) is 4.79 Å². The zero-order valence-electron chi connectivity index (χ0n) is 17.7. The van der Waals surface area contributed by atoms with Crippen molar-refractivity contribution in [3.63, 3.8) is 0 Å². The van der Waals surface area contributed by atoms with E-state index < -0.39 is 5.60 Å². The molecule has 1 saturated carbocycles. The summed E-state index contributed by atoms with van der Waals surface area (Å²) in [5.74, 6) is 1.16. The summed E-state index contributed by atoms with van der Waals surface area (Å²) in [4.78, 5) is 29.1. The van der Waals surface area contributed by atoms with E-state index in [2.05, 4.69) is 12.1 Å². The lowest BCUT2D eigenvalue weighted by Crippen LogP contribution is -2.44. The monoisotopic (exact) mass is 386 g/mol. The average molecular weight is 387 g/mol. The summed E-state index contributed by atoms with van der Waals surface area (Å²) < 4.78 is 5.47. The van der Waals surface area contributed by atoms with Gasteiger partial charge in [-0.1, -0.05) is 30.3 Å². The lowest BCUT2D eigenvalue weighted by molar-refractivity contribution is -0.132. The Kier molecular flexibility index (Phi) is 6.31. The molecule has 1 aromatic rings. The Hall–Kier alpha value is -2.04. The third-order valence-corrected chi connectivity index (χ3v) is 5.69. The maximum absolute atomic E-state index is 13.2. The summed E-state index contributed by atoms with van der Waals surface area (Å²) in [7, 11) is 1.93. The normalized spacial score (nSPS) is 19.2. The van der Waals surface area contributed by atoms with Gasteiger partial charge in [-0.3, -0.25) is 4.79 Å². The van der Waals surface area contributed by atoms with Crippen LogP contribution in [0.1, 0.15) is 57.9 Å². The van der Waals surface area contributed by atoms with Crippen molar-refractivity contribution >= 4 is 12.0 Å². The van der Waals surface area contributed by atoms with Gasteiger partial charge >= 0.3 is 6.09 Å². The Labute approximate surface area is 169 Å². The molecule has 1 saturated heterocycles. The minimum Gasteiger partial charge on any atom is -0.444 e. The molecule has 5 nitrogen and oxygen atoms in total. The number of piperidine rings is 1. The summed E-state index contributed by atoms with van der Waals surface area (Å²) in [5.41, 5.74) is 0.678. The van der Waals surface area contributed by atoms with Gasteiger partial charge in [0, 0.05) is 26.7 Å². The second-order valence-electron chi connectivity index (χ2n) is 9.36. The van der Waals surface area contributed by atoms with Gasteiger partial charge in [-0.05, 0) is 63.9 Å². The molecule has 1 unspecified atom stereocenters. The smallest absolute Gasteiger partial charge is 0.410 e. The summed E-state index contributed by atoms with van der Waals surface area (Å²) in [6.45, 7) is 7.83. The summed E-state index contributed by atoms with van der Waals surface area (Å²) >= 11 is 0. The molecule has 1 aliphatic carbocycles. The summed E-state index contributed by atoms with van der Waals surface area (Å²) in [6.07, 6.45) is 3.89. The number of carbonyl (C=O) groups excluding carboxylic acids is 2. The fraction of sp³-hybridized carbons (Fsp3) is 0.652. The second-order valence-corrected chi connectivity index (χ2v) is 9.36. The van der Waals surface area contributed by atoms with Crippen molar-refractivity contribution in [1.82, 2.24) is 9.80 Å². The maximum Gasteiger partial charge on any atom is 0.410 e. The molecule has 0 spiro atoms. The number of likely N-dealkylation sites (N-methyl/N-ethyl adjacent to an activating group) is 1. The van der Waals surface area contributed by atoms with E-state index >= 15 is 0 Å². The van der Waals surface area contributed by atoms with Gasteiger partial charge in [-0.15, -0.1) is 0 Å². The van der Waals surface area contributed by atoms with Gasteiger partial charge in [-0.25, -0.2) is 4.79 Å². The first kappa shape index (κ1) is 20.7. The van der Waals surface area contributed by atoms with Crippen LogP contribution in [-0.4, -0.2) is 54.1 Å². The molecule has 1 aliphatic heterocycles. The minimum atomic E-state index is -0.462. The highest BCUT2D eigenvalue weighted by atomic mass is 16.6. The molecule has 0 bridgehead atoms. The lowest BCUT2D eigenvalue weighted by Gasteiger charge is -2.35. The van der Waals surface area contributed by atoms with Gasteiger partial charge in [0.2, 0.25) is 5.91 Å². The molecule has 2 aliphatic rings. The number of ether oxygens (including phenoxy) is 1. The predicted molar refractivity (Wildman–Crippen MR) is 110 cm³/mol. The van der Waals surface area contributed by atoms with Crippen LogP contribution in [0.25, 0.3) is 0 Å². The molecule has 1 atom stereocenters. The van der Waals surface area contributed by atoms with Gasteiger partial charge < -0.3 is 14.5 Å². The van der Waals surface area contributed by atoms with E-state index in [0.717, 1.165) is 37.8 Å². The van der Waals surface area contributed by atoms with E-state index in [-0.39, 0.29) is 17.9 Å². The Bertz CT molecular complexity index is 671. The van der Waals surface area contributed by atoms with E-state index in [1.54, 1.807) is 4.90 Å². The van der Waals surface area contributed by atoms with E-state index in [4.69, 9.17) is 4.74 Å². The number of hydrogen-bond acceptors (Lipinski definition) is 3. The third-order valence-electron chi connectivity index (χ3n) is 5.69. The first-order valence-corrected chi connectivity index (χ1v) is 10.5. The van der Waals surface area contributed by atoms with Gasteiger partial charge in [0.1, 0.15) is 5.60 Å². The van der Waals surface area contributed by atoms with Crippen molar-refractivity contribution in [2.24, 2.45) is 11.8 Å². The first-order chi connectivity index (χ1) is 13.2. The molecule has 3 rings (SSSR count). The molecule has 154 valence electrons. The van der Waals surface area contributed by atoms with E-state index in [1.807, 2.05) is 50.9 Å². The Morgan fingerprint density at radius 3 is 2.25 bits per heavy atom. The molecule has 5 heteroatoms. The molecular formula is C23H34N2O3. The Morgan fingerprint density at radius 2 is 1.71 bits per heavy atom. The molecule has 0 aromatic heterocycles. The second kappa shape index (κ2) is 8.54. The lowest BCUT2D eigenvalue weighted by atomic mass is 9.91. The van der Waals surface area contributed by atoms with Crippen LogP contribution in [0.3, 0.4) is 0 Å². The molecule has 1 heterocycles. The number of benzene rings is 1. The number of hydrogen-bond donors (Lipinski definition) is 0. The van der Waals surface area contributed by atoms with E-state index in [0.29, 0.717) is 24.9 Å². The fourth-order valence-electron chi connectivity index (χ4n) is 4.05. The van der Waals surface area contributed by atoms with Crippen molar-refractivity contribution in [3.8, 4) is 0 Å². The van der Waals surface area contributed by atoms with Crippen LogP contribution in [0.5, 0.6) is 0 Å². The highest BCUT2D eigenvalue weighted by molar-refractivity contribution is 5.84. The highest BCUT2D eigenvalue weighted by Crippen LogP contribution is 2.43. The molecule has 0 radical (unpaired) electrons. The van der Waals surface area contributed by atoms with Crippen molar-refractivity contribution < 1.29 is 14.3 Å². The van der Waals surface area contributed by atoms with Crippen LogP contribution in [0.15, 0.2) is 30.3 Å². The number of amides is 2. The average Bonchev–Trinajstić information content (AvgIpc) is 3.47. The molecule has 2 amide bonds. The molecule has 0 N–H and O–H groups in total. The van der Waals surface area contributed by atoms with Crippen LogP contribution in [0, 0.1) is 11.8 Å². The Balaban J connectivity index is 1.52. The van der Waals surface area contributed by atoms with Crippen molar-refractivity contribution in [2.75, 3.05) is 26.7 Å². The fourth-order valence-corrected chi connectivity index (χ4v) is 4.05. The topological polar surface area (TPSA) is 49.9 Å². The number of likely N-dealkylation sites (tertiary alicyclic amines) is 1. The Morgan fingerprint density at radius 1 is 1.11 bits per heavy atom. The summed E-state index contributed by atoms with van der Waals surface area (Å²) in [5, 5.41) is 0. The minimum absolute atomic E-state index is 0.00643. The van der Waals surface area contributed by atoms with Crippen LogP contribution >= 0.6 is 0 Å². The molecule has 28 heavy (non-hydrogen) atoms.